The molecule has 0 aromatic rings. The Kier molecular flexibility index (Phi) is 8.94. The number of nitrogens with one attached hydrogen (secondary N) is 1. The van der Waals surface area contributed by atoms with Crippen LogP contribution in [-0.4, -0.2) is 51.3 Å². The third-order valence-electron chi connectivity index (χ3n) is 4.92. The minimum Gasteiger partial charge on any atom is -0.385 e. The molecule has 1 N–H and O–H groups in total. The maximum atomic E-state index is 5.07. The molecule has 0 aromatic heterocycles. The van der Waals surface area contributed by atoms with E-state index in [1.165, 1.54) is 58.0 Å². The van der Waals surface area contributed by atoms with Crippen LogP contribution in [-0.2, 0) is 4.74 Å². The van der Waals surface area contributed by atoms with Gasteiger partial charge in [-0.3, -0.25) is 4.99 Å². The predicted octanol–water partition coefficient (Wildman–Crippen LogP) is 3.26. The van der Waals surface area contributed by atoms with E-state index in [9.17, 15) is 0 Å². The normalized spacial score (nSPS) is 20.9. The molecule has 124 valence electrons. The molecule has 1 heterocycles. The first-order chi connectivity index (χ1) is 9.79. The van der Waals surface area contributed by atoms with E-state index in [-0.39, 0.29) is 24.0 Å². The van der Waals surface area contributed by atoms with Crippen molar-refractivity contribution in [3.63, 3.8) is 0 Å². The second kappa shape index (κ2) is 9.87. The Hall–Kier alpha value is -0.0400. The lowest BCUT2D eigenvalue weighted by Gasteiger charge is -2.25. The summed E-state index contributed by atoms with van der Waals surface area (Å²) in [5.41, 5.74) is 0.621. The number of likely N-dealkylation sites (tertiary alicyclic amines) is 1. The SMILES string of the molecule is CN=C(NCCCCCOC)N1CCC2(CCCC2)C1.I. The van der Waals surface area contributed by atoms with E-state index < -0.39 is 0 Å². The van der Waals surface area contributed by atoms with Crippen molar-refractivity contribution in [2.45, 2.75) is 51.4 Å². The average Bonchev–Trinajstić information content (AvgIpc) is 3.09. The van der Waals surface area contributed by atoms with Gasteiger partial charge in [0.25, 0.3) is 0 Å². The zero-order valence-electron chi connectivity index (χ0n) is 13.7. The Morgan fingerprint density at radius 2 is 1.95 bits per heavy atom. The standard InChI is InChI=1S/C16H31N3O.HI/c1-17-15(18-11-6-3-7-13-20-2)19-12-10-16(14-19)8-4-5-9-16;/h3-14H2,1-2H3,(H,17,18);1H. The highest BCUT2D eigenvalue weighted by Crippen LogP contribution is 2.45. The van der Waals surface area contributed by atoms with Crippen LogP contribution >= 0.6 is 24.0 Å². The number of halogens is 1. The molecule has 0 radical (unpaired) electrons. The van der Waals surface area contributed by atoms with E-state index in [4.69, 9.17) is 4.74 Å². The molecule has 1 saturated carbocycles. The highest BCUT2D eigenvalue weighted by Gasteiger charge is 2.40. The van der Waals surface area contributed by atoms with Crippen LogP contribution in [0.1, 0.15) is 51.4 Å². The van der Waals surface area contributed by atoms with E-state index in [1.54, 1.807) is 7.11 Å². The second-order valence-corrected chi connectivity index (χ2v) is 6.41. The van der Waals surface area contributed by atoms with Crippen LogP contribution in [0, 0.1) is 5.41 Å². The topological polar surface area (TPSA) is 36.9 Å². The van der Waals surface area contributed by atoms with Crippen molar-refractivity contribution in [1.82, 2.24) is 10.2 Å². The van der Waals surface area contributed by atoms with E-state index in [2.05, 4.69) is 15.2 Å². The Balaban J connectivity index is 0.00000220. The fraction of sp³-hybridized carbons (Fsp3) is 0.938. The lowest BCUT2D eigenvalue weighted by Crippen LogP contribution is -2.41. The Morgan fingerprint density at radius 3 is 2.62 bits per heavy atom. The van der Waals surface area contributed by atoms with Gasteiger partial charge in [0.2, 0.25) is 0 Å². The quantitative estimate of drug-likeness (QED) is 0.317. The number of ether oxygens (including phenoxy) is 1. The van der Waals surface area contributed by atoms with E-state index in [0.717, 1.165) is 25.5 Å². The van der Waals surface area contributed by atoms with Crippen LogP contribution in [0.4, 0.5) is 0 Å². The van der Waals surface area contributed by atoms with Gasteiger partial charge in [-0.05, 0) is 43.9 Å². The first kappa shape index (κ1) is 19.0. The highest BCUT2D eigenvalue weighted by atomic mass is 127. The summed E-state index contributed by atoms with van der Waals surface area (Å²) in [6, 6.07) is 0. The molecular weight excluding hydrogens is 377 g/mol. The van der Waals surface area contributed by atoms with Crippen LogP contribution < -0.4 is 5.32 Å². The molecule has 2 fully saturated rings. The smallest absolute Gasteiger partial charge is 0.193 e. The molecule has 5 heteroatoms. The van der Waals surface area contributed by atoms with Gasteiger partial charge in [0, 0.05) is 40.4 Å². The first-order valence-electron chi connectivity index (χ1n) is 8.24. The molecule has 0 atom stereocenters. The molecule has 1 spiro atoms. The molecule has 1 aliphatic heterocycles. The maximum Gasteiger partial charge on any atom is 0.193 e. The van der Waals surface area contributed by atoms with Crippen molar-refractivity contribution in [2.75, 3.05) is 40.4 Å². The van der Waals surface area contributed by atoms with Crippen molar-refractivity contribution in [3.8, 4) is 0 Å². The number of unbranched alkanes of at least 4 members (excludes halogenated alkanes) is 2. The van der Waals surface area contributed by atoms with Gasteiger partial charge in [-0.2, -0.15) is 0 Å². The third-order valence-corrected chi connectivity index (χ3v) is 4.92. The van der Waals surface area contributed by atoms with Gasteiger partial charge in [0.15, 0.2) is 5.96 Å². The lowest BCUT2D eigenvalue weighted by molar-refractivity contribution is 0.192. The first-order valence-corrected chi connectivity index (χ1v) is 8.24. The Bertz CT molecular complexity index is 317. The molecule has 0 aromatic carbocycles. The van der Waals surface area contributed by atoms with Crippen molar-refractivity contribution in [2.24, 2.45) is 10.4 Å². The van der Waals surface area contributed by atoms with Gasteiger partial charge in [-0.15, -0.1) is 24.0 Å². The summed E-state index contributed by atoms with van der Waals surface area (Å²) in [5, 5.41) is 3.53. The van der Waals surface area contributed by atoms with E-state index >= 15 is 0 Å². The van der Waals surface area contributed by atoms with Crippen molar-refractivity contribution in [3.05, 3.63) is 0 Å². The second-order valence-electron chi connectivity index (χ2n) is 6.41. The van der Waals surface area contributed by atoms with E-state index in [1.807, 2.05) is 7.05 Å². The van der Waals surface area contributed by atoms with Crippen LogP contribution in [0.2, 0.25) is 0 Å². The third kappa shape index (κ3) is 5.58. The molecule has 2 aliphatic rings. The average molecular weight is 409 g/mol. The molecule has 1 saturated heterocycles. The van der Waals surface area contributed by atoms with Crippen LogP contribution in [0.15, 0.2) is 4.99 Å². The maximum absolute atomic E-state index is 5.07. The lowest BCUT2D eigenvalue weighted by atomic mass is 9.86. The van der Waals surface area contributed by atoms with Crippen molar-refractivity contribution in [1.29, 1.82) is 0 Å². The van der Waals surface area contributed by atoms with Gasteiger partial charge >= 0.3 is 0 Å². The van der Waals surface area contributed by atoms with Crippen LogP contribution in [0.3, 0.4) is 0 Å². The van der Waals surface area contributed by atoms with Gasteiger partial charge in [-0.25, -0.2) is 0 Å². The summed E-state index contributed by atoms with van der Waals surface area (Å²) >= 11 is 0. The predicted molar refractivity (Wildman–Crippen MR) is 99.6 cm³/mol. The van der Waals surface area contributed by atoms with Crippen molar-refractivity contribution < 1.29 is 4.74 Å². The highest BCUT2D eigenvalue weighted by molar-refractivity contribution is 14.0. The number of guanidine groups is 1. The minimum absolute atomic E-state index is 0. The molecule has 0 bridgehead atoms. The van der Waals surface area contributed by atoms with Crippen LogP contribution in [0.5, 0.6) is 0 Å². The molecule has 1 aliphatic carbocycles. The van der Waals surface area contributed by atoms with Gasteiger partial charge < -0.3 is 15.0 Å². The summed E-state index contributed by atoms with van der Waals surface area (Å²) in [7, 11) is 3.68. The molecule has 0 amide bonds. The zero-order valence-corrected chi connectivity index (χ0v) is 16.0. The molecular formula is C16H32IN3O. The molecule has 2 rings (SSSR count). The molecule has 4 nitrogen and oxygen atoms in total. The van der Waals surface area contributed by atoms with Gasteiger partial charge in [0.1, 0.15) is 0 Å². The summed E-state index contributed by atoms with van der Waals surface area (Å²) in [6.45, 7) is 4.31. The summed E-state index contributed by atoms with van der Waals surface area (Å²) in [5.74, 6) is 1.11. The fourth-order valence-corrected chi connectivity index (χ4v) is 3.73. The van der Waals surface area contributed by atoms with Gasteiger partial charge in [0.05, 0.1) is 0 Å². The number of aliphatic imine (C=N–C) groups is 1. The number of hydrogen-bond donors (Lipinski definition) is 1. The number of hydrogen-bond acceptors (Lipinski definition) is 2. The number of rotatable bonds is 6. The monoisotopic (exact) mass is 409 g/mol. The van der Waals surface area contributed by atoms with Crippen LogP contribution in [0.25, 0.3) is 0 Å². The number of nitrogens with zero attached hydrogens (tertiary/aromatic N) is 2. The van der Waals surface area contributed by atoms with Crippen molar-refractivity contribution >= 4 is 29.9 Å². The minimum atomic E-state index is 0. The summed E-state index contributed by atoms with van der Waals surface area (Å²) in [6.07, 6.45) is 10.7. The zero-order chi connectivity index (χ0) is 14.3. The Morgan fingerprint density at radius 1 is 1.19 bits per heavy atom. The molecule has 21 heavy (non-hydrogen) atoms. The summed E-state index contributed by atoms with van der Waals surface area (Å²) in [4.78, 5) is 6.94. The van der Waals surface area contributed by atoms with E-state index in [0.29, 0.717) is 5.41 Å². The molecule has 0 unspecified atom stereocenters. The number of methoxy groups -OCH3 is 1. The largest absolute Gasteiger partial charge is 0.385 e. The fourth-order valence-electron chi connectivity index (χ4n) is 3.73. The Labute approximate surface area is 147 Å². The van der Waals surface area contributed by atoms with Gasteiger partial charge in [-0.1, -0.05) is 12.8 Å². The summed E-state index contributed by atoms with van der Waals surface area (Å²) < 4.78 is 5.07.